The number of ketones is 1. The first-order chi connectivity index (χ1) is 11.2. The molecule has 6 atom stereocenters. The van der Waals surface area contributed by atoms with Gasteiger partial charge in [-0.2, -0.15) is 0 Å². The highest BCUT2D eigenvalue weighted by Crippen LogP contribution is 2.66. The summed E-state index contributed by atoms with van der Waals surface area (Å²) in [7, 11) is 0. The van der Waals surface area contributed by atoms with E-state index in [4.69, 9.17) is 0 Å². The number of carbonyl (C=O) groups excluding carboxylic acids is 1. The van der Waals surface area contributed by atoms with Crippen molar-refractivity contribution in [3.05, 3.63) is 23.3 Å². The van der Waals surface area contributed by atoms with Crippen LogP contribution in [0, 0.1) is 22.7 Å². The third kappa shape index (κ3) is 1.89. The van der Waals surface area contributed by atoms with Crippen LogP contribution in [0.5, 0.6) is 0 Å². The number of carbonyl (C=O) groups is 1. The Balaban J connectivity index is 1.73. The second kappa shape index (κ2) is 5.04. The number of allylic oxidation sites excluding steroid dienone is 3. The fraction of sp³-hybridized carbons (Fsp3) is 0.762. The lowest BCUT2D eigenvalue weighted by molar-refractivity contribution is -0.181. The van der Waals surface area contributed by atoms with E-state index >= 15 is 0 Å². The number of fused-ring (bicyclic) bond motifs is 5. The van der Waals surface area contributed by atoms with Crippen LogP contribution < -0.4 is 0 Å². The lowest BCUT2D eigenvalue weighted by atomic mass is 9.45. The molecule has 2 N–H and O–H groups in total. The normalized spacial score (nSPS) is 50.3. The Bertz CT molecular complexity index is 647. The predicted octanol–water partition coefficient (Wildman–Crippen LogP) is 3.55. The van der Waals surface area contributed by atoms with E-state index in [-0.39, 0.29) is 28.6 Å². The molecule has 0 aliphatic heterocycles. The van der Waals surface area contributed by atoms with Crippen molar-refractivity contribution in [2.24, 2.45) is 22.7 Å². The van der Waals surface area contributed by atoms with Crippen molar-refractivity contribution in [2.75, 3.05) is 0 Å². The molecule has 6 unspecified atom stereocenters. The van der Waals surface area contributed by atoms with Crippen LogP contribution in [0.2, 0.25) is 0 Å². The molecule has 0 bridgehead atoms. The predicted molar refractivity (Wildman–Crippen MR) is 93.3 cm³/mol. The minimum absolute atomic E-state index is 0.0708. The van der Waals surface area contributed by atoms with Crippen LogP contribution in [0.25, 0.3) is 0 Å². The quantitative estimate of drug-likeness (QED) is 0.723. The van der Waals surface area contributed by atoms with Gasteiger partial charge >= 0.3 is 0 Å². The Labute approximate surface area is 144 Å². The Hall–Kier alpha value is -0.930. The zero-order chi connectivity index (χ0) is 17.3. The highest BCUT2D eigenvalue weighted by molar-refractivity contribution is 5.95. The van der Waals surface area contributed by atoms with E-state index in [0.717, 1.165) is 44.1 Å². The van der Waals surface area contributed by atoms with Gasteiger partial charge in [0, 0.05) is 5.41 Å². The van der Waals surface area contributed by atoms with Gasteiger partial charge in [0.1, 0.15) is 0 Å². The van der Waals surface area contributed by atoms with Crippen molar-refractivity contribution in [3.8, 4) is 0 Å². The van der Waals surface area contributed by atoms with E-state index < -0.39 is 5.60 Å². The molecule has 132 valence electrons. The molecule has 0 radical (unpaired) electrons. The molecule has 0 heterocycles. The summed E-state index contributed by atoms with van der Waals surface area (Å²) in [5.74, 6) is 0.773. The Morgan fingerprint density at radius 3 is 2.54 bits per heavy atom. The SMILES string of the molecule is CC(=O)C1=CCC2C3CC=C4CC(O)CCC4(C)C3(O)CCC12C. The minimum atomic E-state index is -0.693. The minimum Gasteiger partial charge on any atom is -0.393 e. The molecule has 3 nitrogen and oxygen atoms in total. The second-order valence-corrected chi connectivity index (χ2v) is 9.16. The average Bonchev–Trinajstić information content (AvgIpc) is 2.87. The highest BCUT2D eigenvalue weighted by Gasteiger charge is 2.64. The van der Waals surface area contributed by atoms with Gasteiger partial charge in [0.2, 0.25) is 0 Å². The zero-order valence-corrected chi connectivity index (χ0v) is 15.1. The average molecular weight is 330 g/mol. The summed E-state index contributed by atoms with van der Waals surface area (Å²) in [6, 6.07) is 0. The lowest BCUT2D eigenvalue weighted by Crippen LogP contribution is -2.62. The maximum absolute atomic E-state index is 12.1. The second-order valence-electron chi connectivity index (χ2n) is 9.16. The van der Waals surface area contributed by atoms with E-state index in [9.17, 15) is 15.0 Å². The summed E-state index contributed by atoms with van der Waals surface area (Å²) >= 11 is 0. The molecule has 3 heteroatoms. The van der Waals surface area contributed by atoms with Gasteiger partial charge in [-0.15, -0.1) is 0 Å². The van der Waals surface area contributed by atoms with Gasteiger partial charge in [-0.3, -0.25) is 4.79 Å². The maximum atomic E-state index is 12.1. The zero-order valence-electron chi connectivity index (χ0n) is 15.1. The number of rotatable bonds is 1. The van der Waals surface area contributed by atoms with E-state index in [1.807, 2.05) is 0 Å². The summed E-state index contributed by atoms with van der Waals surface area (Å²) < 4.78 is 0. The summed E-state index contributed by atoms with van der Waals surface area (Å²) in [6.07, 6.45) is 10.0. The summed E-state index contributed by atoms with van der Waals surface area (Å²) in [5.41, 5.74) is 1.28. The first-order valence-corrected chi connectivity index (χ1v) is 9.54. The first kappa shape index (κ1) is 16.5. The van der Waals surface area contributed by atoms with E-state index in [1.165, 1.54) is 5.57 Å². The number of Topliss-reactive ketones (excluding diaryl/α,β-unsaturated/α-hetero) is 1. The first-order valence-electron chi connectivity index (χ1n) is 9.54. The molecular weight excluding hydrogens is 300 g/mol. The van der Waals surface area contributed by atoms with Crippen LogP contribution in [0.1, 0.15) is 65.7 Å². The molecule has 2 saturated carbocycles. The summed E-state index contributed by atoms with van der Waals surface area (Å²) in [6.45, 7) is 6.14. The molecule has 4 aliphatic carbocycles. The van der Waals surface area contributed by atoms with E-state index in [2.05, 4.69) is 26.0 Å². The van der Waals surface area contributed by atoms with Crippen molar-refractivity contribution in [3.63, 3.8) is 0 Å². The molecule has 0 aromatic carbocycles. The van der Waals surface area contributed by atoms with Gasteiger partial charge in [0.15, 0.2) is 5.78 Å². The van der Waals surface area contributed by atoms with Crippen molar-refractivity contribution in [2.45, 2.75) is 77.4 Å². The molecule has 0 aromatic heterocycles. The standard InChI is InChI=1S/C21H30O3/c1-13(22)16-6-7-17-18-5-4-14-12-15(23)8-9-20(14,3)21(18,24)11-10-19(16,17)2/h4,6,15,17-18,23-24H,5,7-12H2,1-3H3. The number of hydrogen-bond donors (Lipinski definition) is 2. The van der Waals surface area contributed by atoms with Crippen LogP contribution in [-0.2, 0) is 4.79 Å². The van der Waals surface area contributed by atoms with Gasteiger partial charge < -0.3 is 10.2 Å². The maximum Gasteiger partial charge on any atom is 0.156 e. The topological polar surface area (TPSA) is 57.5 Å². The summed E-state index contributed by atoms with van der Waals surface area (Å²) in [5, 5.41) is 21.9. The van der Waals surface area contributed by atoms with Gasteiger partial charge in [0.25, 0.3) is 0 Å². The molecule has 0 saturated heterocycles. The molecule has 0 spiro atoms. The van der Waals surface area contributed by atoms with Gasteiger partial charge in [-0.1, -0.05) is 31.6 Å². The van der Waals surface area contributed by atoms with E-state index in [1.54, 1.807) is 6.92 Å². The van der Waals surface area contributed by atoms with Crippen LogP contribution >= 0.6 is 0 Å². The fourth-order valence-corrected chi connectivity index (χ4v) is 6.69. The van der Waals surface area contributed by atoms with Crippen molar-refractivity contribution < 1.29 is 15.0 Å². The van der Waals surface area contributed by atoms with E-state index in [0.29, 0.717) is 12.3 Å². The molecule has 24 heavy (non-hydrogen) atoms. The van der Waals surface area contributed by atoms with Crippen molar-refractivity contribution in [1.29, 1.82) is 0 Å². The largest absolute Gasteiger partial charge is 0.393 e. The highest BCUT2D eigenvalue weighted by atomic mass is 16.3. The Kier molecular flexibility index (Phi) is 3.48. The number of aliphatic hydroxyl groups is 2. The third-order valence-corrected chi connectivity index (χ3v) is 8.23. The molecule has 2 fully saturated rings. The van der Waals surface area contributed by atoms with Crippen LogP contribution in [0.15, 0.2) is 23.3 Å². The van der Waals surface area contributed by atoms with Crippen molar-refractivity contribution >= 4 is 5.78 Å². The van der Waals surface area contributed by atoms with Crippen LogP contribution in [0.4, 0.5) is 0 Å². The molecule has 4 aliphatic rings. The Morgan fingerprint density at radius 2 is 1.83 bits per heavy atom. The molecule has 0 aromatic rings. The third-order valence-electron chi connectivity index (χ3n) is 8.23. The number of hydrogen-bond acceptors (Lipinski definition) is 3. The lowest BCUT2D eigenvalue weighted by Gasteiger charge is -2.62. The van der Waals surface area contributed by atoms with Crippen LogP contribution in [0.3, 0.4) is 0 Å². The molecular formula is C21H30O3. The summed E-state index contributed by atoms with van der Waals surface area (Å²) in [4.78, 5) is 12.1. The van der Waals surface area contributed by atoms with Gasteiger partial charge in [0.05, 0.1) is 11.7 Å². The fourth-order valence-electron chi connectivity index (χ4n) is 6.69. The van der Waals surface area contributed by atoms with Gasteiger partial charge in [-0.25, -0.2) is 0 Å². The molecule has 0 amide bonds. The van der Waals surface area contributed by atoms with Crippen molar-refractivity contribution in [1.82, 2.24) is 0 Å². The number of aliphatic hydroxyl groups excluding tert-OH is 1. The van der Waals surface area contributed by atoms with Gasteiger partial charge in [-0.05, 0) is 74.7 Å². The smallest absolute Gasteiger partial charge is 0.156 e. The van der Waals surface area contributed by atoms with Crippen LogP contribution in [-0.4, -0.2) is 27.7 Å². The molecule has 4 rings (SSSR count). The Morgan fingerprint density at radius 1 is 1.12 bits per heavy atom. The monoisotopic (exact) mass is 330 g/mol.